The van der Waals surface area contributed by atoms with E-state index in [0.717, 1.165) is 17.5 Å². The van der Waals surface area contributed by atoms with Crippen LogP contribution in [-0.4, -0.2) is 40.5 Å². The number of carbonyl (C=O) groups excluding carboxylic acids is 1. The highest BCUT2D eigenvalue weighted by atomic mass is 16.6. The van der Waals surface area contributed by atoms with Gasteiger partial charge in [-0.05, 0) is 57.2 Å². The van der Waals surface area contributed by atoms with Crippen LogP contribution in [0.25, 0.3) is 0 Å². The van der Waals surface area contributed by atoms with Crippen molar-refractivity contribution >= 4 is 6.09 Å². The van der Waals surface area contributed by atoms with Crippen LogP contribution in [0, 0.1) is 5.92 Å². The van der Waals surface area contributed by atoms with Crippen molar-refractivity contribution in [1.29, 1.82) is 0 Å². The SMILES string of the molecule is CC(C)CNC([C@H](O)CCc1ccccc1)N(Cc1ccccc1)C(=O)OC(C)(C)C. The fourth-order valence-electron chi connectivity index (χ4n) is 3.30. The highest BCUT2D eigenvalue weighted by Crippen LogP contribution is 2.18. The molecule has 2 N–H and O–H groups in total. The fourth-order valence-corrected chi connectivity index (χ4v) is 3.30. The molecule has 0 spiro atoms. The van der Waals surface area contributed by atoms with Crippen molar-refractivity contribution in [1.82, 2.24) is 10.2 Å². The monoisotopic (exact) mass is 426 g/mol. The van der Waals surface area contributed by atoms with Gasteiger partial charge in [-0.3, -0.25) is 10.2 Å². The Morgan fingerprint density at radius 3 is 2.06 bits per heavy atom. The summed E-state index contributed by atoms with van der Waals surface area (Å²) in [4.78, 5) is 14.8. The number of nitrogens with zero attached hydrogens (tertiary/aromatic N) is 1. The van der Waals surface area contributed by atoms with Gasteiger partial charge in [-0.15, -0.1) is 0 Å². The number of ether oxygens (including phenoxy) is 1. The predicted molar refractivity (Wildman–Crippen MR) is 126 cm³/mol. The minimum atomic E-state index is -0.741. The molecule has 0 aliphatic rings. The molecule has 2 aromatic rings. The Bertz CT molecular complexity index is 772. The van der Waals surface area contributed by atoms with Crippen molar-refractivity contribution in [3.63, 3.8) is 0 Å². The lowest BCUT2D eigenvalue weighted by Crippen LogP contribution is -2.56. The average molecular weight is 427 g/mol. The number of aliphatic hydroxyl groups excluding tert-OH is 1. The van der Waals surface area contributed by atoms with Gasteiger partial charge in [0.2, 0.25) is 0 Å². The van der Waals surface area contributed by atoms with E-state index in [1.807, 2.05) is 69.3 Å². The smallest absolute Gasteiger partial charge is 0.411 e. The highest BCUT2D eigenvalue weighted by Gasteiger charge is 2.32. The lowest BCUT2D eigenvalue weighted by atomic mass is 10.0. The summed E-state index contributed by atoms with van der Waals surface area (Å²) in [6, 6.07) is 19.9. The number of hydrogen-bond acceptors (Lipinski definition) is 4. The van der Waals surface area contributed by atoms with Gasteiger partial charge in [0.25, 0.3) is 0 Å². The lowest BCUT2D eigenvalue weighted by molar-refractivity contribution is -0.0193. The van der Waals surface area contributed by atoms with Crippen molar-refractivity contribution in [2.75, 3.05) is 6.54 Å². The van der Waals surface area contributed by atoms with Gasteiger partial charge in [0.05, 0.1) is 12.6 Å². The molecule has 0 radical (unpaired) electrons. The summed E-state index contributed by atoms with van der Waals surface area (Å²) in [5.74, 6) is 0.376. The predicted octanol–water partition coefficient (Wildman–Crippen LogP) is 4.99. The van der Waals surface area contributed by atoms with Crippen LogP contribution in [0.3, 0.4) is 0 Å². The largest absolute Gasteiger partial charge is 0.444 e. The molecule has 1 unspecified atom stereocenters. The highest BCUT2D eigenvalue weighted by molar-refractivity contribution is 5.68. The third-order valence-corrected chi connectivity index (χ3v) is 4.83. The van der Waals surface area contributed by atoms with Crippen molar-refractivity contribution in [2.24, 2.45) is 5.92 Å². The molecule has 0 saturated carbocycles. The van der Waals surface area contributed by atoms with Gasteiger partial charge >= 0.3 is 6.09 Å². The van der Waals surface area contributed by atoms with Gasteiger partial charge in [0.15, 0.2) is 0 Å². The van der Waals surface area contributed by atoms with Crippen LogP contribution in [0.2, 0.25) is 0 Å². The van der Waals surface area contributed by atoms with Crippen LogP contribution in [0.5, 0.6) is 0 Å². The molecule has 31 heavy (non-hydrogen) atoms. The standard InChI is InChI=1S/C26H38N2O3/c1-20(2)18-27-24(23(29)17-16-21-12-8-6-9-13-21)28(25(30)31-26(3,4)5)19-22-14-10-7-11-15-22/h6-15,20,23-24,27,29H,16-19H2,1-5H3/t23-,24?/m1/s1. The van der Waals surface area contributed by atoms with Gasteiger partial charge in [-0.1, -0.05) is 74.5 Å². The maximum absolute atomic E-state index is 13.2. The zero-order valence-electron chi connectivity index (χ0n) is 19.5. The van der Waals surface area contributed by atoms with Crippen LogP contribution >= 0.6 is 0 Å². The molecule has 2 rings (SSSR count). The summed E-state index contributed by atoms with van der Waals surface area (Å²) >= 11 is 0. The quantitative estimate of drug-likeness (QED) is 0.526. The lowest BCUT2D eigenvalue weighted by Gasteiger charge is -2.37. The Morgan fingerprint density at radius 1 is 1.00 bits per heavy atom. The first-order chi connectivity index (χ1) is 14.7. The molecule has 0 aromatic heterocycles. The van der Waals surface area contributed by atoms with Crippen molar-refractivity contribution in [3.05, 3.63) is 71.8 Å². The summed E-state index contributed by atoms with van der Waals surface area (Å²) < 4.78 is 5.71. The fraction of sp³-hybridized carbons (Fsp3) is 0.500. The Balaban J connectivity index is 2.25. The maximum Gasteiger partial charge on any atom is 0.411 e. The number of benzene rings is 2. The van der Waals surface area contributed by atoms with Gasteiger partial charge in [-0.25, -0.2) is 4.79 Å². The van der Waals surface area contributed by atoms with E-state index in [1.165, 1.54) is 0 Å². The summed E-state index contributed by atoms with van der Waals surface area (Å²) in [6.45, 7) is 10.8. The van der Waals surface area contributed by atoms with E-state index in [-0.39, 0.29) is 0 Å². The van der Waals surface area contributed by atoms with Gasteiger partial charge in [0.1, 0.15) is 11.8 Å². The second-order valence-electron chi connectivity index (χ2n) is 9.43. The number of rotatable bonds is 10. The molecule has 170 valence electrons. The zero-order chi connectivity index (χ0) is 22.9. The summed E-state index contributed by atoms with van der Waals surface area (Å²) in [5.41, 5.74) is 1.53. The second-order valence-corrected chi connectivity index (χ2v) is 9.43. The van der Waals surface area contributed by atoms with Gasteiger partial charge in [-0.2, -0.15) is 0 Å². The molecule has 5 nitrogen and oxygen atoms in total. The molecule has 0 saturated heterocycles. The molecule has 1 amide bonds. The first-order valence-electron chi connectivity index (χ1n) is 11.1. The third kappa shape index (κ3) is 9.11. The Kier molecular flexibility index (Phi) is 9.53. The van der Waals surface area contributed by atoms with Gasteiger partial charge in [0, 0.05) is 0 Å². The summed E-state index contributed by atoms with van der Waals surface area (Å²) in [5, 5.41) is 14.6. The normalized spacial score (nSPS) is 13.6. The Morgan fingerprint density at radius 2 is 1.55 bits per heavy atom. The number of aryl methyl sites for hydroxylation is 1. The van der Waals surface area contributed by atoms with E-state index in [2.05, 4.69) is 31.3 Å². The molecule has 0 aliphatic heterocycles. The van der Waals surface area contributed by atoms with E-state index in [1.54, 1.807) is 4.90 Å². The summed E-state index contributed by atoms with van der Waals surface area (Å²) in [7, 11) is 0. The topological polar surface area (TPSA) is 61.8 Å². The van der Waals surface area contributed by atoms with Crippen LogP contribution in [0.1, 0.15) is 52.2 Å². The van der Waals surface area contributed by atoms with Crippen molar-refractivity contribution < 1.29 is 14.6 Å². The van der Waals surface area contributed by atoms with Crippen molar-refractivity contribution in [2.45, 2.75) is 71.9 Å². The van der Waals surface area contributed by atoms with E-state index >= 15 is 0 Å². The third-order valence-electron chi connectivity index (χ3n) is 4.83. The average Bonchev–Trinajstić information content (AvgIpc) is 2.71. The molecule has 0 heterocycles. The minimum Gasteiger partial charge on any atom is -0.444 e. The molecular weight excluding hydrogens is 388 g/mol. The number of aliphatic hydroxyl groups is 1. The first kappa shape index (κ1) is 24.9. The molecule has 2 atom stereocenters. The van der Waals surface area contributed by atoms with Crippen LogP contribution < -0.4 is 5.32 Å². The first-order valence-corrected chi connectivity index (χ1v) is 11.1. The summed E-state index contributed by atoms with van der Waals surface area (Å²) in [6.07, 6.45) is -0.462. The van der Waals surface area contributed by atoms with Crippen LogP contribution in [0.15, 0.2) is 60.7 Å². The van der Waals surface area contributed by atoms with Crippen LogP contribution in [-0.2, 0) is 17.7 Å². The van der Waals surface area contributed by atoms with E-state index in [0.29, 0.717) is 25.4 Å². The molecule has 0 fully saturated rings. The number of nitrogens with one attached hydrogen (secondary N) is 1. The van der Waals surface area contributed by atoms with E-state index < -0.39 is 24.0 Å². The Labute approximate surface area is 187 Å². The Hall–Kier alpha value is -2.37. The maximum atomic E-state index is 13.2. The van der Waals surface area contributed by atoms with Gasteiger partial charge < -0.3 is 9.84 Å². The molecule has 2 aromatic carbocycles. The van der Waals surface area contributed by atoms with Crippen LogP contribution in [0.4, 0.5) is 4.79 Å². The number of amides is 1. The number of hydrogen-bond donors (Lipinski definition) is 2. The van der Waals surface area contributed by atoms with E-state index in [9.17, 15) is 9.90 Å². The molecular formula is C26H38N2O3. The van der Waals surface area contributed by atoms with E-state index in [4.69, 9.17) is 4.74 Å². The molecule has 0 aliphatic carbocycles. The number of carbonyl (C=O) groups is 1. The minimum absolute atomic E-state index is 0.355. The molecule has 5 heteroatoms. The second kappa shape index (κ2) is 11.9. The van der Waals surface area contributed by atoms with Crippen molar-refractivity contribution in [3.8, 4) is 0 Å². The zero-order valence-corrected chi connectivity index (χ0v) is 19.5. The molecule has 0 bridgehead atoms.